The number of imidazole rings is 1. The third kappa shape index (κ3) is 3.01. The molecule has 0 aliphatic carbocycles. The van der Waals surface area contributed by atoms with Crippen molar-refractivity contribution in [3.05, 3.63) is 66.4 Å². The summed E-state index contributed by atoms with van der Waals surface area (Å²) >= 11 is 0. The SMILES string of the molecule is O=C(Nc1ccc2n[nH]nc2c1)c1ccc2nc(Nc3ccccn3)[nH]c2c1. The highest BCUT2D eigenvalue weighted by atomic mass is 16.1. The predicted octanol–water partition coefficient (Wildman–Crippen LogP) is 3.23. The van der Waals surface area contributed by atoms with E-state index in [1.165, 1.54) is 0 Å². The van der Waals surface area contributed by atoms with Gasteiger partial charge in [0, 0.05) is 17.4 Å². The largest absolute Gasteiger partial charge is 0.324 e. The van der Waals surface area contributed by atoms with Crippen LogP contribution in [0.3, 0.4) is 0 Å². The first-order valence-electron chi connectivity index (χ1n) is 8.54. The van der Waals surface area contributed by atoms with Crippen LogP contribution in [0.5, 0.6) is 0 Å². The van der Waals surface area contributed by atoms with Gasteiger partial charge in [0.25, 0.3) is 5.91 Å². The van der Waals surface area contributed by atoms with Crippen LogP contribution in [0.1, 0.15) is 10.4 Å². The van der Waals surface area contributed by atoms with E-state index >= 15 is 0 Å². The minimum Gasteiger partial charge on any atom is -0.324 e. The van der Waals surface area contributed by atoms with E-state index in [2.05, 4.69) is 41.0 Å². The number of amides is 1. The molecule has 28 heavy (non-hydrogen) atoms. The average Bonchev–Trinajstić information content (AvgIpc) is 3.33. The number of nitrogens with one attached hydrogen (secondary N) is 4. The molecule has 2 aromatic carbocycles. The molecule has 0 spiro atoms. The summed E-state index contributed by atoms with van der Waals surface area (Å²) in [6.45, 7) is 0. The maximum Gasteiger partial charge on any atom is 0.255 e. The number of pyridine rings is 1. The van der Waals surface area contributed by atoms with E-state index in [0.717, 1.165) is 16.6 Å². The molecule has 9 nitrogen and oxygen atoms in total. The Labute approximate surface area is 158 Å². The maximum atomic E-state index is 12.6. The highest BCUT2D eigenvalue weighted by Gasteiger charge is 2.11. The van der Waals surface area contributed by atoms with Crippen LogP contribution >= 0.6 is 0 Å². The summed E-state index contributed by atoms with van der Waals surface area (Å²) in [5, 5.41) is 16.5. The maximum absolute atomic E-state index is 12.6. The molecule has 0 bridgehead atoms. The Morgan fingerprint density at radius 3 is 2.71 bits per heavy atom. The molecule has 0 unspecified atom stereocenters. The summed E-state index contributed by atoms with van der Waals surface area (Å²) in [6, 6.07) is 16.2. The summed E-state index contributed by atoms with van der Waals surface area (Å²) in [4.78, 5) is 24.4. The second-order valence-corrected chi connectivity index (χ2v) is 6.14. The van der Waals surface area contributed by atoms with E-state index in [1.807, 2.05) is 18.2 Å². The molecule has 0 saturated carbocycles. The number of aromatic nitrogens is 6. The van der Waals surface area contributed by atoms with Gasteiger partial charge in [0.05, 0.1) is 11.0 Å². The molecule has 0 saturated heterocycles. The minimum atomic E-state index is -0.224. The van der Waals surface area contributed by atoms with Gasteiger partial charge in [-0.15, -0.1) is 0 Å². The van der Waals surface area contributed by atoms with Gasteiger partial charge in [-0.3, -0.25) is 4.79 Å². The number of benzene rings is 2. The summed E-state index contributed by atoms with van der Waals surface area (Å²) in [6.07, 6.45) is 1.70. The van der Waals surface area contributed by atoms with Crippen LogP contribution in [-0.2, 0) is 0 Å². The van der Waals surface area contributed by atoms with E-state index in [4.69, 9.17) is 0 Å². The normalized spacial score (nSPS) is 11.0. The van der Waals surface area contributed by atoms with Gasteiger partial charge in [-0.05, 0) is 48.5 Å². The van der Waals surface area contributed by atoms with Crippen molar-refractivity contribution in [2.24, 2.45) is 0 Å². The molecule has 1 amide bonds. The van der Waals surface area contributed by atoms with Crippen molar-refractivity contribution in [2.75, 3.05) is 10.6 Å². The van der Waals surface area contributed by atoms with Gasteiger partial charge in [0.2, 0.25) is 5.95 Å². The van der Waals surface area contributed by atoms with E-state index in [9.17, 15) is 4.79 Å². The van der Waals surface area contributed by atoms with Gasteiger partial charge in [0.1, 0.15) is 16.9 Å². The molecule has 0 fully saturated rings. The van der Waals surface area contributed by atoms with Gasteiger partial charge < -0.3 is 15.6 Å². The Hall–Kier alpha value is -4.27. The van der Waals surface area contributed by atoms with Crippen molar-refractivity contribution >= 4 is 45.4 Å². The molecule has 5 rings (SSSR count). The lowest BCUT2D eigenvalue weighted by atomic mass is 10.2. The fourth-order valence-corrected chi connectivity index (χ4v) is 2.89. The topological polar surface area (TPSA) is 124 Å². The van der Waals surface area contributed by atoms with Crippen LogP contribution in [0.4, 0.5) is 17.5 Å². The van der Waals surface area contributed by atoms with E-state index in [-0.39, 0.29) is 5.91 Å². The highest BCUT2D eigenvalue weighted by Crippen LogP contribution is 2.20. The average molecular weight is 370 g/mol. The standard InChI is InChI=1S/C19H14N8O/c28-18(21-12-5-7-14-16(10-12)26-27-25-14)11-4-6-13-15(9-11)23-19(22-13)24-17-3-1-2-8-20-17/h1-10H,(H,21,28)(H,25,26,27)(H2,20,22,23,24). The van der Waals surface area contributed by atoms with Crippen LogP contribution in [0, 0.1) is 0 Å². The van der Waals surface area contributed by atoms with E-state index < -0.39 is 0 Å². The first-order chi connectivity index (χ1) is 13.7. The molecule has 3 aromatic heterocycles. The van der Waals surface area contributed by atoms with Crippen LogP contribution in [0.15, 0.2) is 60.8 Å². The van der Waals surface area contributed by atoms with Crippen LogP contribution in [-0.4, -0.2) is 36.3 Å². The zero-order valence-corrected chi connectivity index (χ0v) is 14.5. The fourth-order valence-electron chi connectivity index (χ4n) is 2.89. The van der Waals surface area contributed by atoms with Crippen LogP contribution in [0.2, 0.25) is 0 Å². The molecule has 4 N–H and O–H groups in total. The zero-order chi connectivity index (χ0) is 18.9. The van der Waals surface area contributed by atoms with Gasteiger partial charge in [-0.2, -0.15) is 15.4 Å². The molecule has 0 aliphatic heterocycles. The summed E-state index contributed by atoms with van der Waals surface area (Å²) < 4.78 is 0. The molecular formula is C19H14N8O. The Morgan fingerprint density at radius 1 is 0.929 bits per heavy atom. The van der Waals surface area contributed by atoms with Crippen molar-refractivity contribution in [3.8, 4) is 0 Å². The summed E-state index contributed by atoms with van der Waals surface area (Å²) in [5.74, 6) is 1.02. The van der Waals surface area contributed by atoms with Gasteiger partial charge >= 0.3 is 0 Å². The summed E-state index contributed by atoms with van der Waals surface area (Å²) in [5.41, 5.74) is 4.09. The lowest BCUT2D eigenvalue weighted by Gasteiger charge is -2.05. The second kappa shape index (κ2) is 6.47. The number of carbonyl (C=O) groups is 1. The number of rotatable bonds is 4. The van der Waals surface area contributed by atoms with Crippen molar-refractivity contribution in [3.63, 3.8) is 0 Å². The quantitative estimate of drug-likeness (QED) is 0.385. The Kier molecular flexibility index (Phi) is 3.68. The number of H-pyrrole nitrogens is 2. The molecule has 5 aromatic rings. The first-order valence-corrected chi connectivity index (χ1v) is 8.54. The van der Waals surface area contributed by atoms with Gasteiger partial charge in [0.15, 0.2) is 0 Å². The van der Waals surface area contributed by atoms with E-state index in [1.54, 1.807) is 42.6 Å². The van der Waals surface area contributed by atoms with E-state index in [0.29, 0.717) is 28.5 Å². The van der Waals surface area contributed by atoms with Crippen molar-refractivity contribution in [1.82, 2.24) is 30.4 Å². The highest BCUT2D eigenvalue weighted by molar-refractivity contribution is 6.06. The molecule has 0 aliphatic rings. The Balaban J connectivity index is 1.38. The fraction of sp³-hybridized carbons (Fsp3) is 0. The molecular weight excluding hydrogens is 356 g/mol. The number of aromatic amines is 2. The lowest BCUT2D eigenvalue weighted by Crippen LogP contribution is -2.11. The van der Waals surface area contributed by atoms with Crippen LogP contribution in [0.25, 0.3) is 22.1 Å². The van der Waals surface area contributed by atoms with Crippen LogP contribution < -0.4 is 10.6 Å². The number of fused-ring (bicyclic) bond motifs is 2. The number of hydrogen-bond acceptors (Lipinski definition) is 6. The Bertz CT molecular complexity index is 1290. The first kappa shape index (κ1) is 15.9. The number of carbonyl (C=O) groups excluding carboxylic acids is 1. The smallest absolute Gasteiger partial charge is 0.255 e. The molecule has 0 radical (unpaired) electrons. The molecule has 9 heteroatoms. The third-order valence-corrected chi connectivity index (χ3v) is 4.23. The van der Waals surface area contributed by atoms with Crippen molar-refractivity contribution < 1.29 is 4.79 Å². The van der Waals surface area contributed by atoms with Crippen molar-refractivity contribution in [1.29, 1.82) is 0 Å². The minimum absolute atomic E-state index is 0.224. The zero-order valence-electron chi connectivity index (χ0n) is 14.5. The summed E-state index contributed by atoms with van der Waals surface area (Å²) in [7, 11) is 0. The predicted molar refractivity (Wildman–Crippen MR) is 105 cm³/mol. The molecule has 136 valence electrons. The van der Waals surface area contributed by atoms with Gasteiger partial charge in [-0.25, -0.2) is 9.97 Å². The van der Waals surface area contributed by atoms with Crippen molar-refractivity contribution in [2.45, 2.75) is 0 Å². The van der Waals surface area contributed by atoms with Gasteiger partial charge in [-0.1, -0.05) is 6.07 Å². The number of nitrogens with zero attached hydrogens (tertiary/aromatic N) is 4. The third-order valence-electron chi connectivity index (χ3n) is 4.23. The number of hydrogen-bond donors (Lipinski definition) is 4. The Morgan fingerprint density at radius 2 is 1.82 bits per heavy atom. The molecule has 3 heterocycles. The second-order valence-electron chi connectivity index (χ2n) is 6.14. The monoisotopic (exact) mass is 370 g/mol. The number of anilines is 3. The molecule has 0 atom stereocenters. The lowest BCUT2D eigenvalue weighted by molar-refractivity contribution is 0.102.